The van der Waals surface area contributed by atoms with Gasteiger partial charge in [-0.25, -0.2) is 9.59 Å². The summed E-state index contributed by atoms with van der Waals surface area (Å²) >= 11 is 0. The van der Waals surface area contributed by atoms with Gasteiger partial charge < -0.3 is 15.4 Å². The van der Waals surface area contributed by atoms with Gasteiger partial charge in [-0.15, -0.1) is 0 Å². The van der Waals surface area contributed by atoms with Gasteiger partial charge in [-0.2, -0.15) is 0 Å². The van der Waals surface area contributed by atoms with E-state index in [1.54, 1.807) is 13.0 Å². The van der Waals surface area contributed by atoms with Crippen molar-refractivity contribution >= 4 is 22.8 Å². The van der Waals surface area contributed by atoms with Crippen molar-refractivity contribution in [2.45, 2.75) is 19.9 Å². The van der Waals surface area contributed by atoms with Gasteiger partial charge >= 0.3 is 12.0 Å². The Labute approximate surface area is 146 Å². The highest BCUT2D eigenvalue weighted by Crippen LogP contribution is 2.32. The van der Waals surface area contributed by atoms with Gasteiger partial charge in [0.2, 0.25) is 0 Å². The molecule has 2 amide bonds. The summed E-state index contributed by atoms with van der Waals surface area (Å²) < 4.78 is 5.32. The van der Waals surface area contributed by atoms with Crippen molar-refractivity contribution in [2.24, 2.45) is 0 Å². The summed E-state index contributed by atoms with van der Waals surface area (Å²) in [6.45, 7) is 3.77. The summed E-state index contributed by atoms with van der Waals surface area (Å²) in [5, 5.41) is 7.55. The Morgan fingerprint density at radius 2 is 1.96 bits per heavy atom. The Balaban J connectivity index is 2.06. The van der Waals surface area contributed by atoms with Gasteiger partial charge in [0, 0.05) is 5.70 Å². The van der Waals surface area contributed by atoms with Crippen LogP contribution < -0.4 is 10.6 Å². The number of benzene rings is 2. The molecule has 5 nitrogen and oxygen atoms in total. The number of rotatable bonds is 4. The van der Waals surface area contributed by atoms with Crippen LogP contribution in [-0.4, -0.2) is 18.6 Å². The van der Waals surface area contributed by atoms with Crippen molar-refractivity contribution < 1.29 is 14.3 Å². The quantitative estimate of drug-likeness (QED) is 0.662. The van der Waals surface area contributed by atoms with Crippen LogP contribution in [0.5, 0.6) is 0 Å². The van der Waals surface area contributed by atoms with Gasteiger partial charge in [0.1, 0.15) is 6.61 Å². The third-order valence-electron chi connectivity index (χ3n) is 4.17. The Morgan fingerprint density at radius 3 is 2.76 bits per heavy atom. The van der Waals surface area contributed by atoms with Crippen LogP contribution in [0, 0.1) is 0 Å². The first-order valence-electron chi connectivity index (χ1n) is 8.16. The topological polar surface area (TPSA) is 67.4 Å². The zero-order chi connectivity index (χ0) is 17.8. The van der Waals surface area contributed by atoms with Crippen molar-refractivity contribution in [3.05, 3.63) is 71.5 Å². The molecule has 2 N–H and O–H groups in total. The number of fused-ring (bicyclic) bond motifs is 1. The average Bonchev–Trinajstić information content (AvgIpc) is 2.60. The Bertz CT molecular complexity index is 878. The summed E-state index contributed by atoms with van der Waals surface area (Å²) in [5.74, 6) is -0.443. The summed E-state index contributed by atoms with van der Waals surface area (Å²) in [7, 11) is 0. The molecule has 1 aliphatic rings. The van der Waals surface area contributed by atoms with Gasteiger partial charge in [-0.05, 0) is 30.2 Å². The van der Waals surface area contributed by atoms with Crippen molar-refractivity contribution in [2.75, 3.05) is 6.61 Å². The smallest absolute Gasteiger partial charge is 0.338 e. The second-order valence-corrected chi connectivity index (χ2v) is 5.81. The van der Waals surface area contributed by atoms with Crippen LogP contribution in [0.15, 0.2) is 65.9 Å². The number of hydrogen-bond acceptors (Lipinski definition) is 3. The third-order valence-corrected chi connectivity index (χ3v) is 4.17. The van der Waals surface area contributed by atoms with Gasteiger partial charge in [0.25, 0.3) is 0 Å². The van der Waals surface area contributed by atoms with Crippen LogP contribution in [0.25, 0.3) is 10.8 Å². The van der Waals surface area contributed by atoms with Crippen LogP contribution in [0.1, 0.15) is 25.5 Å². The highest BCUT2D eigenvalue weighted by atomic mass is 16.5. The lowest BCUT2D eigenvalue weighted by Gasteiger charge is -2.28. The molecule has 25 heavy (non-hydrogen) atoms. The van der Waals surface area contributed by atoms with E-state index in [2.05, 4.69) is 10.6 Å². The summed E-state index contributed by atoms with van der Waals surface area (Å²) in [4.78, 5) is 24.6. The molecule has 1 atom stereocenters. The number of nitrogens with one attached hydrogen (secondary N) is 2. The predicted octanol–water partition coefficient (Wildman–Crippen LogP) is 3.59. The fraction of sp³-hybridized carbons (Fsp3) is 0.200. The number of amides is 2. The predicted molar refractivity (Wildman–Crippen MR) is 96.8 cm³/mol. The van der Waals surface area contributed by atoms with Crippen molar-refractivity contribution in [3.63, 3.8) is 0 Å². The van der Waals surface area contributed by atoms with Crippen LogP contribution in [-0.2, 0) is 9.53 Å². The number of hydrogen-bond donors (Lipinski definition) is 2. The summed E-state index contributed by atoms with van der Waals surface area (Å²) in [6, 6.07) is 12.8. The van der Waals surface area contributed by atoms with Crippen molar-refractivity contribution in [1.29, 1.82) is 0 Å². The molecular weight excluding hydrogens is 316 g/mol. The van der Waals surface area contributed by atoms with E-state index in [9.17, 15) is 9.59 Å². The lowest BCUT2D eigenvalue weighted by atomic mass is 9.91. The molecule has 0 aromatic heterocycles. The Hall–Kier alpha value is -3.08. The van der Waals surface area contributed by atoms with E-state index in [-0.39, 0.29) is 12.6 Å². The highest BCUT2D eigenvalue weighted by molar-refractivity contribution is 5.97. The van der Waals surface area contributed by atoms with Crippen molar-refractivity contribution in [3.8, 4) is 0 Å². The molecule has 0 spiro atoms. The van der Waals surface area contributed by atoms with E-state index in [0.717, 1.165) is 16.3 Å². The molecule has 0 aliphatic carbocycles. The van der Waals surface area contributed by atoms with Crippen molar-refractivity contribution in [1.82, 2.24) is 10.6 Å². The van der Waals surface area contributed by atoms with Crippen LogP contribution in [0.4, 0.5) is 4.79 Å². The molecule has 1 heterocycles. The molecule has 2 aromatic carbocycles. The number of esters is 1. The number of urea groups is 1. The van der Waals surface area contributed by atoms with E-state index in [0.29, 0.717) is 11.3 Å². The lowest BCUT2D eigenvalue weighted by molar-refractivity contribution is -0.138. The second-order valence-electron chi connectivity index (χ2n) is 5.81. The monoisotopic (exact) mass is 336 g/mol. The zero-order valence-electron chi connectivity index (χ0n) is 14.2. The molecule has 1 aliphatic heterocycles. The second kappa shape index (κ2) is 7.21. The standard InChI is InChI=1S/C20H20N2O3/c1-3-4-12-25-19(23)17-13(2)21-20(24)22-18(17)16-11-7-9-14-8-5-6-10-15(14)16/h3-11,18H,12H2,1-2H3,(H2,21,22,24)/b4-3-/t18-/m1/s1. The lowest BCUT2D eigenvalue weighted by Crippen LogP contribution is -2.45. The number of ether oxygens (including phenoxy) is 1. The maximum absolute atomic E-state index is 12.6. The first-order chi connectivity index (χ1) is 12.1. The molecule has 0 unspecified atom stereocenters. The maximum Gasteiger partial charge on any atom is 0.338 e. The minimum atomic E-state index is -0.557. The van der Waals surface area contributed by atoms with Gasteiger partial charge in [0.05, 0.1) is 11.6 Å². The van der Waals surface area contributed by atoms with E-state index < -0.39 is 12.0 Å². The van der Waals surface area contributed by atoms with Crippen LogP contribution in [0.3, 0.4) is 0 Å². The largest absolute Gasteiger partial charge is 0.458 e. The average molecular weight is 336 g/mol. The molecule has 0 saturated carbocycles. The van der Waals surface area contributed by atoms with Crippen LogP contribution >= 0.6 is 0 Å². The minimum absolute atomic E-state index is 0.197. The van der Waals surface area contributed by atoms with E-state index in [1.165, 1.54) is 0 Å². The molecule has 5 heteroatoms. The molecule has 0 bridgehead atoms. The van der Waals surface area contributed by atoms with Crippen LogP contribution in [0.2, 0.25) is 0 Å². The van der Waals surface area contributed by atoms with Gasteiger partial charge in [-0.1, -0.05) is 54.6 Å². The molecule has 0 radical (unpaired) electrons. The molecule has 0 fully saturated rings. The molecule has 0 saturated heterocycles. The SMILES string of the molecule is C/C=C\COC(=O)C1=C(C)NC(=O)N[C@@H]1c1cccc2ccccc12. The number of allylic oxidation sites excluding steroid dienone is 2. The first-order valence-corrected chi connectivity index (χ1v) is 8.16. The third kappa shape index (κ3) is 3.40. The Kier molecular flexibility index (Phi) is 4.84. The number of carbonyl (C=O) groups excluding carboxylic acids is 2. The molecular formula is C20H20N2O3. The maximum atomic E-state index is 12.6. The summed E-state index contributed by atoms with van der Waals surface area (Å²) in [6.07, 6.45) is 3.58. The number of carbonyl (C=O) groups is 2. The van der Waals surface area contributed by atoms with E-state index in [4.69, 9.17) is 4.74 Å². The van der Waals surface area contributed by atoms with Gasteiger partial charge in [0.15, 0.2) is 0 Å². The fourth-order valence-electron chi connectivity index (χ4n) is 3.00. The van der Waals surface area contributed by atoms with E-state index >= 15 is 0 Å². The first kappa shape index (κ1) is 16.8. The molecule has 2 aromatic rings. The minimum Gasteiger partial charge on any atom is -0.458 e. The molecule has 3 rings (SSSR count). The van der Waals surface area contributed by atoms with E-state index in [1.807, 2.05) is 55.5 Å². The highest BCUT2D eigenvalue weighted by Gasteiger charge is 2.32. The van der Waals surface area contributed by atoms with Gasteiger partial charge in [-0.3, -0.25) is 0 Å². The summed E-state index contributed by atoms with van der Waals surface area (Å²) in [5.41, 5.74) is 1.79. The normalized spacial score (nSPS) is 17.5. The zero-order valence-corrected chi connectivity index (χ0v) is 14.2. The Morgan fingerprint density at radius 1 is 1.20 bits per heavy atom. The molecule has 128 valence electrons. The fourth-order valence-corrected chi connectivity index (χ4v) is 3.00.